The summed E-state index contributed by atoms with van der Waals surface area (Å²) >= 11 is 0. The van der Waals surface area contributed by atoms with E-state index in [0.717, 1.165) is 12.1 Å². The number of hydrogen-bond acceptors (Lipinski definition) is 3. The first kappa shape index (κ1) is 15.8. The zero-order valence-corrected chi connectivity index (χ0v) is 12.8. The highest BCUT2D eigenvalue weighted by Gasteiger charge is 2.22. The van der Waals surface area contributed by atoms with Crippen molar-refractivity contribution in [2.45, 2.75) is 6.04 Å². The number of carbonyl (C=O) groups excluding carboxylic acids is 1. The lowest BCUT2D eigenvalue weighted by molar-refractivity contribution is 0.0941. The number of pyridine rings is 1. The van der Waals surface area contributed by atoms with Crippen LogP contribution >= 0.6 is 0 Å². The number of benzene rings is 1. The van der Waals surface area contributed by atoms with Gasteiger partial charge >= 0.3 is 0 Å². The number of aryl methyl sites for hydroxylation is 1. The second-order valence-corrected chi connectivity index (χ2v) is 5.21. The monoisotopic (exact) mass is 328 g/mol. The first-order chi connectivity index (χ1) is 11.6. The Hall–Kier alpha value is -3.09. The summed E-state index contributed by atoms with van der Waals surface area (Å²) in [6, 6.07) is 5.91. The number of rotatable bonds is 4. The van der Waals surface area contributed by atoms with Crippen molar-refractivity contribution in [3.8, 4) is 0 Å². The van der Waals surface area contributed by atoms with E-state index < -0.39 is 17.7 Å². The molecular weight excluding hydrogens is 314 g/mol. The quantitative estimate of drug-likeness (QED) is 0.801. The second-order valence-electron chi connectivity index (χ2n) is 5.21. The summed E-state index contributed by atoms with van der Waals surface area (Å²) in [6.07, 6.45) is 6.28. The summed E-state index contributed by atoms with van der Waals surface area (Å²) in [7, 11) is 1.76. The van der Waals surface area contributed by atoms with Gasteiger partial charge in [-0.2, -0.15) is 0 Å². The number of halogens is 2. The zero-order valence-electron chi connectivity index (χ0n) is 12.8. The highest BCUT2D eigenvalue weighted by molar-refractivity contribution is 5.94. The third-order valence-corrected chi connectivity index (χ3v) is 3.61. The number of carbonyl (C=O) groups is 1. The van der Waals surface area contributed by atoms with E-state index in [-0.39, 0.29) is 5.91 Å². The van der Waals surface area contributed by atoms with Crippen molar-refractivity contribution in [1.29, 1.82) is 0 Å². The number of imidazole rings is 1. The van der Waals surface area contributed by atoms with Crippen LogP contribution in [0.15, 0.2) is 55.1 Å². The predicted molar refractivity (Wildman–Crippen MR) is 83.1 cm³/mol. The van der Waals surface area contributed by atoms with Crippen LogP contribution in [0.5, 0.6) is 0 Å². The summed E-state index contributed by atoms with van der Waals surface area (Å²) < 4.78 is 28.5. The van der Waals surface area contributed by atoms with Crippen molar-refractivity contribution in [3.63, 3.8) is 0 Å². The molecule has 0 saturated heterocycles. The summed E-state index contributed by atoms with van der Waals surface area (Å²) in [4.78, 5) is 20.5. The van der Waals surface area contributed by atoms with E-state index in [9.17, 15) is 13.6 Å². The van der Waals surface area contributed by atoms with Crippen LogP contribution in [0.25, 0.3) is 0 Å². The molecule has 0 unspecified atom stereocenters. The molecule has 0 fully saturated rings. The van der Waals surface area contributed by atoms with Gasteiger partial charge in [0.15, 0.2) is 11.6 Å². The van der Waals surface area contributed by atoms with Crippen LogP contribution in [0.2, 0.25) is 0 Å². The largest absolute Gasteiger partial charge is 0.338 e. The molecule has 1 N–H and O–H groups in total. The van der Waals surface area contributed by atoms with Crippen LogP contribution in [0.4, 0.5) is 8.78 Å². The Morgan fingerprint density at radius 2 is 1.88 bits per heavy atom. The molecule has 0 radical (unpaired) electrons. The molecule has 0 aliphatic carbocycles. The normalized spacial score (nSPS) is 12.0. The van der Waals surface area contributed by atoms with E-state index in [1.807, 2.05) is 0 Å². The van der Waals surface area contributed by atoms with Gasteiger partial charge in [-0.1, -0.05) is 6.07 Å². The molecule has 3 rings (SSSR count). The van der Waals surface area contributed by atoms with Crippen molar-refractivity contribution < 1.29 is 13.6 Å². The van der Waals surface area contributed by atoms with Gasteiger partial charge in [-0.15, -0.1) is 0 Å². The van der Waals surface area contributed by atoms with Crippen LogP contribution < -0.4 is 5.32 Å². The molecular formula is C17H14F2N4O. The fraction of sp³-hybridized carbons (Fsp3) is 0.118. The standard InChI is InChI=1S/C17H14F2N4O/c1-23-9-8-21-16(23)15(12-2-3-13(18)14(19)10-12)22-17(24)11-4-6-20-7-5-11/h2-10,15H,1H3,(H,22,24)/t15-/m0/s1. The van der Waals surface area contributed by atoms with Crippen molar-refractivity contribution in [2.75, 3.05) is 0 Å². The van der Waals surface area contributed by atoms with Gasteiger partial charge in [0.2, 0.25) is 0 Å². The SMILES string of the molecule is Cn1ccnc1[C@@H](NC(=O)c1ccncc1)c1ccc(F)c(F)c1. The molecule has 0 saturated carbocycles. The van der Waals surface area contributed by atoms with E-state index >= 15 is 0 Å². The number of nitrogens with zero attached hydrogens (tertiary/aromatic N) is 3. The van der Waals surface area contributed by atoms with Crippen LogP contribution in [0.3, 0.4) is 0 Å². The molecule has 0 aliphatic heterocycles. The number of aromatic nitrogens is 3. The van der Waals surface area contributed by atoms with E-state index in [0.29, 0.717) is 17.0 Å². The van der Waals surface area contributed by atoms with Gasteiger partial charge in [0.05, 0.1) is 0 Å². The van der Waals surface area contributed by atoms with Gasteiger partial charge in [-0.3, -0.25) is 9.78 Å². The first-order valence-corrected chi connectivity index (χ1v) is 7.19. The molecule has 122 valence electrons. The minimum atomic E-state index is -0.982. The summed E-state index contributed by atoms with van der Waals surface area (Å²) in [5.41, 5.74) is 0.803. The molecule has 2 heterocycles. The molecule has 1 atom stereocenters. The Labute approximate surface area is 137 Å². The Morgan fingerprint density at radius 1 is 1.12 bits per heavy atom. The Bertz CT molecular complexity index is 864. The second kappa shape index (κ2) is 6.57. The maximum atomic E-state index is 13.6. The maximum Gasteiger partial charge on any atom is 0.252 e. The van der Waals surface area contributed by atoms with Gasteiger partial charge in [0.1, 0.15) is 11.9 Å². The van der Waals surface area contributed by atoms with E-state index in [2.05, 4.69) is 15.3 Å². The lowest BCUT2D eigenvalue weighted by atomic mass is 10.0. The number of hydrogen-bond donors (Lipinski definition) is 1. The highest BCUT2D eigenvalue weighted by atomic mass is 19.2. The van der Waals surface area contributed by atoms with Crippen molar-refractivity contribution in [2.24, 2.45) is 7.05 Å². The fourth-order valence-corrected chi connectivity index (χ4v) is 2.36. The lowest BCUT2D eigenvalue weighted by Gasteiger charge is -2.19. The molecule has 1 aromatic carbocycles. The molecule has 5 nitrogen and oxygen atoms in total. The molecule has 0 bridgehead atoms. The summed E-state index contributed by atoms with van der Waals surface area (Å²) in [6.45, 7) is 0. The van der Waals surface area contributed by atoms with Crippen molar-refractivity contribution in [3.05, 3.63) is 83.7 Å². The number of nitrogens with one attached hydrogen (secondary N) is 1. The van der Waals surface area contributed by atoms with E-state index in [1.165, 1.54) is 18.5 Å². The zero-order chi connectivity index (χ0) is 17.1. The van der Waals surface area contributed by atoms with Crippen molar-refractivity contribution in [1.82, 2.24) is 19.9 Å². The van der Waals surface area contributed by atoms with E-state index in [1.54, 1.807) is 36.1 Å². The Balaban J connectivity index is 1.98. The van der Waals surface area contributed by atoms with Gasteiger partial charge in [0.25, 0.3) is 5.91 Å². The number of amides is 1. The van der Waals surface area contributed by atoms with Gasteiger partial charge in [-0.25, -0.2) is 13.8 Å². The van der Waals surface area contributed by atoms with Gasteiger partial charge in [-0.05, 0) is 29.8 Å². The Kier molecular flexibility index (Phi) is 4.33. The first-order valence-electron chi connectivity index (χ1n) is 7.19. The topological polar surface area (TPSA) is 59.8 Å². The molecule has 3 aromatic rings. The smallest absolute Gasteiger partial charge is 0.252 e. The molecule has 1 amide bonds. The molecule has 0 aliphatic rings. The van der Waals surface area contributed by atoms with Crippen LogP contribution in [-0.2, 0) is 7.05 Å². The molecule has 7 heteroatoms. The third-order valence-electron chi connectivity index (χ3n) is 3.61. The predicted octanol–water partition coefficient (Wildman–Crippen LogP) is 2.61. The third kappa shape index (κ3) is 3.15. The van der Waals surface area contributed by atoms with Crippen molar-refractivity contribution >= 4 is 5.91 Å². The summed E-state index contributed by atoms with van der Waals surface area (Å²) in [5.74, 6) is -1.79. The maximum absolute atomic E-state index is 13.6. The van der Waals surface area contributed by atoms with Crippen LogP contribution in [0.1, 0.15) is 27.8 Å². The highest BCUT2D eigenvalue weighted by Crippen LogP contribution is 2.23. The Morgan fingerprint density at radius 3 is 2.50 bits per heavy atom. The lowest BCUT2D eigenvalue weighted by Crippen LogP contribution is -2.31. The van der Waals surface area contributed by atoms with Gasteiger partial charge < -0.3 is 9.88 Å². The fourth-order valence-electron chi connectivity index (χ4n) is 2.36. The van der Waals surface area contributed by atoms with Gasteiger partial charge in [0, 0.05) is 37.4 Å². The van der Waals surface area contributed by atoms with Crippen LogP contribution in [-0.4, -0.2) is 20.4 Å². The average molecular weight is 328 g/mol. The summed E-state index contributed by atoms with van der Waals surface area (Å²) in [5, 5.41) is 2.80. The molecule has 2 aromatic heterocycles. The average Bonchev–Trinajstić information content (AvgIpc) is 3.01. The molecule has 24 heavy (non-hydrogen) atoms. The molecule has 0 spiro atoms. The minimum Gasteiger partial charge on any atom is -0.338 e. The van der Waals surface area contributed by atoms with Crippen LogP contribution in [0, 0.1) is 11.6 Å². The minimum absolute atomic E-state index is 0.366. The van der Waals surface area contributed by atoms with E-state index in [4.69, 9.17) is 0 Å².